The Morgan fingerprint density at radius 3 is 1.60 bits per heavy atom. The molecule has 0 unspecified atom stereocenters. The van der Waals surface area contributed by atoms with Crippen molar-refractivity contribution < 1.29 is 30.0 Å². The number of aliphatic hydroxyl groups is 1. The zero-order valence-electron chi connectivity index (χ0n) is 49.1. The SMILES string of the molecule is CC(=O)C=C(C)O.CC(C)(C)c1cc(-c2[c-]cccc2)ncn1.[Ir].c1cc(-c2cccc(-n3c4ccccc4c4ccccc43)c2)cc(-c2ncnc3c2sc2ccccc23)c1.c1ccc(-c2ccnc3c2ccc2c(-c4ccccc4)ccnc23)cc1. The second-order valence-corrected chi connectivity index (χ2v) is 23.1. The average Bonchev–Trinajstić information content (AvgIpc) is 1.95. The minimum Gasteiger partial charge on any atom is -0.512 e. The zero-order valence-corrected chi connectivity index (χ0v) is 52.3. The van der Waals surface area contributed by atoms with Gasteiger partial charge in [0.15, 0.2) is 5.78 Å². The standard InChI is InChI=1S/C34H21N3S.C24H16N2.C14H15N2.C5H8O2.Ir/c1-4-16-29-26(13-1)27-14-2-5-17-30(27)37(29)25-12-8-10-23(20-25)22-9-7-11-24(19-22)32-34-33(36-21-35-32)28-15-3-6-18-31(28)38-34;1-3-7-17(8-4-1)19-13-15-25-23-21(19)11-12-22-20(14-16-26-24(22)23)18-9-5-2-6-10-18;1-14(2,3)13-9-12(15-10-16-13)11-7-5-4-6-8-11;1-4(6)3-5(2)7;/h1-21H;1-16H;4-7,9-10H,1-3H3;3,6H,1-2H3;/q;;-1;;. The number of aliphatic hydroxyl groups excluding tert-OH is 1. The Labute approximate surface area is 528 Å². The van der Waals surface area contributed by atoms with E-state index >= 15 is 0 Å². The Morgan fingerprint density at radius 2 is 1.02 bits per heavy atom. The van der Waals surface area contributed by atoms with E-state index in [9.17, 15) is 4.79 Å². The molecule has 0 saturated carbocycles. The van der Waals surface area contributed by atoms with Crippen molar-refractivity contribution in [2.24, 2.45) is 0 Å². The molecule has 88 heavy (non-hydrogen) atoms. The van der Waals surface area contributed by atoms with Gasteiger partial charge in [0.2, 0.25) is 0 Å². The number of para-hydroxylation sites is 2. The molecule has 6 aromatic heterocycles. The fourth-order valence-electron chi connectivity index (χ4n) is 10.9. The number of fused-ring (bicyclic) bond motifs is 9. The third-order valence-electron chi connectivity index (χ3n) is 14.9. The quantitative estimate of drug-likeness (QED) is 0.0725. The summed E-state index contributed by atoms with van der Waals surface area (Å²) in [5.41, 5.74) is 18.7. The van der Waals surface area contributed by atoms with Crippen molar-refractivity contribution in [2.75, 3.05) is 0 Å². The van der Waals surface area contributed by atoms with Crippen LogP contribution in [0.4, 0.5) is 0 Å². The Morgan fingerprint density at radius 1 is 0.489 bits per heavy atom. The van der Waals surface area contributed by atoms with Gasteiger partial charge < -0.3 is 9.67 Å². The van der Waals surface area contributed by atoms with Gasteiger partial charge in [-0.1, -0.05) is 185 Å². The monoisotopic (exact) mass is 1340 g/mol. The first kappa shape index (κ1) is 59.6. The summed E-state index contributed by atoms with van der Waals surface area (Å²) in [7, 11) is 0. The Bertz CT molecular complexity index is 4830. The molecule has 0 bridgehead atoms. The summed E-state index contributed by atoms with van der Waals surface area (Å²) < 4.78 is 4.73. The molecular formula is C77H60IrN7O2S-. The second-order valence-electron chi connectivity index (χ2n) is 22.0. The van der Waals surface area contributed by atoms with Gasteiger partial charge in [0.05, 0.1) is 43.7 Å². The molecule has 0 amide bonds. The molecule has 6 heterocycles. The summed E-state index contributed by atoms with van der Waals surface area (Å²) >= 11 is 1.76. The maximum Gasteiger partial charge on any atom is 0.155 e. The van der Waals surface area contributed by atoms with Crippen LogP contribution in [0, 0.1) is 6.07 Å². The van der Waals surface area contributed by atoms with Crippen molar-refractivity contribution in [3.8, 4) is 61.6 Å². The molecule has 0 saturated heterocycles. The predicted octanol–water partition coefficient (Wildman–Crippen LogP) is 19.7. The van der Waals surface area contributed by atoms with E-state index in [2.05, 4.69) is 250 Å². The van der Waals surface area contributed by atoms with Gasteiger partial charge in [-0.05, 0) is 101 Å². The van der Waals surface area contributed by atoms with E-state index in [1.54, 1.807) is 24.0 Å². The minimum absolute atomic E-state index is 0. The van der Waals surface area contributed by atoms with E-state index in [0.29, 0.717) is 0 Å². The van der Waals surface area contributed by atoms with Crippen LogP contribution >= 0.6 is 11.3 Å². The van der Waals surface area contributed by atoms with Crippen molar-refractivity contribution in [3.05, 3.63) is 285 Å². The van der Waals surface area contributed by atoms with E-state index in [1.165, 1.54) is 79.6 Å². The number of rotatable bonds is 7. The van der Waals surface area contributed by atoms with Gasteiger partial charge in [-0.15, -0.1) is 47.2 Å². The topological polar surface area (TPSA) is 120 Å². The summed E-state index contributed by atoms with van der Waals surface area (Å²) in [6.07, 6.45) is 8.23. The summed E-state index contributed by atoms with van der Waals surface area (Å²) in [6.45, 7) is 9.29. The van der Waals surface area contributed by atoms with Crippen LogP contribution in [0.25, 0.3) is 125 Å². The van der Waals surface area contributed by atoms with Crippen LogP contribution < -0.4 is 0 Å². The van der Waals surface area contributed by atoms with Gasteiger partial charge in [-0.25, -0.2) is 15.0 Å². The number of thiophene rings is 1. The number of allylic oxidation sites excluding steroid dienone is 2. The summed E-state index contributed by atoms with van der Waals surface area (Å²) in [5.74, 6) is -0.0625. The Hall–Kier alpha value is -10.2. The van der Waals surface area contributed by atoms with Gasteiger partial charge >= 0.3 is 0 Å². The van der Waals surface area contributed by atoms with Gasteiger partial charge in [0, 0.05) is 92.6 Å². The number of hydrogen-bond acceptors (Lipinski definition) is 9. The van der Waals surface area contributed by atoms with E-state index in [0.717, 1.165) is 71.5 Å². The Balaban J connectivity index is 0.000000138. The van der Waals surface area contributed by atoms with Crippen molar-refractivity contribution in [2.45, 2.75) is 40.0 Å². The first-order chi connectivity index (χ1) is 42.5. The van der Waals surface area contributed by atoms with Crippen molar-refractivity contribution in [1.29, 1.82) is 0 Å². The first-order valence-corrected chi connectivity index (χ1v) is 29.5. The number of carbonyl (C=O) groups excluding carboxylic acids is 1. The average molecular weight is 1340 g/mol. The number of nitrogens with zero attached hydrogens (tertiary/aromatic N) is 7. The third kappa shape index (κ3) is 12.8. The molecule has 0 aliphatic heterocycles. The first-order valence-electron chi connectivity index (χ1n) is 28.7. The molecule has 9 aromatic carbocycles. The second kappa shape index (κ2) is 26.6. The summed E-state index contributed by atoms with van der Waals surface area (Å²) in [5, 5.41) is 14.3. The van der Waals surface area contributed by atoms with Gasteiger partial charge in [-0.2, -0.15) is 0 Å². The molecular weight excluding hydrogens is 1280 g/mol. The molecule has 0 spiro atoms. The largest absolute Gasteiger partial charge is 0.512 e. The zero-order chi connectivity index (χ0) is 59.9. The molecule has 11 heteroatoms. The van der Waals surface area contributed by atoms with Crippen LogP contribution in [-0.4, -0.2) is 45.4 Å². The number of pyridine rings is 2. The van der Waals surface area contributed by atoms with Crippen LogP contribution in [0.5, 0.6) is 0 Å². The normalized spacial score (nSPS) is 11.3. The molecule has 0 fully saturated rings. The molecule has 9 nitrogen and oxygen atoms in total. The number of hydrogen-bond donors (Lipinski definition) is 1. The van der Waals surface area contributed by atoms with Crippen LogP contribution in [0.15, 0.2) is 273 Å². The smallest absolute Gasteiger partial charge is 0.155 e. The third-order valence-corrected chi connectivity index (χ3v) is 16.1. The van der Waals surface area contributed by atoms with Gasteiger partial charge in [-0.3, -0.25) is 19.7 Å². The van der Waals surface area contributed by atoms with Crippen LogP contribution in [0.3, 0.4) is 0 Å². The van der Waals surface area contributed by atoms with Crippen LogP contribution in [-0.2, 0) is 30.3 Å². The van der Waals surface area contributed by atoms with E-state index in [-0.39, 0.29) is 37.1 Å². The van der Waals surface area contributed by atoms with E-state index < -0.39 is 0 Å². The molecule has 1 radical (unpaired) electrons. The van der Waals surface area contributed by atoms with Crippen molar-refractivity contribution >= 4 is 81.0 Å². The van der Waals surface area contributed by atoms with Gasteiger partial charge in [0.1, 0.15) is 12.7 Å². The molecule has 0 atom stereocenters. The number of ketones is 1. The molecule has 0 aliphatic rings. The molecule has 15 rings (SSSR count). The maximum atomic E-state index is 10.0. The van der Waals surface area contributed by atoms with Crippen LogP contribution in [0.2, 0.25) is 0 Å². The predicted molar refractivity (Wildman–Crippen MR) is 360 cm³/mol. The fourth-order valence-corrected chi connectivity index (χ4v) is 12.1. The summed E-state index contributed by atoms with van der Waals surface area (Å²) in [6, 6.07) is 85.6. The summed E-state index contributed by atoms with van der Waals surface area (Å²) in [4.78, 5) is 37.3. The van der Waals surface area contributed by atoms with Crippen molar-refractivity contribution in [1.82, 2.24) is 34.5 Å². The molecule has 0 aliphatic carbocycles. The number of carbonyl (C=O) groups is 1. The van der Waals surface area contributed by atoms with E-state index in [1.807, 2.05) is 54.9 Å². The molecule has 15 aromatic rings. The molecule has 1 N–H and O–H groups in total. The minimum atomic E-state index is -0.125. The fraction of sp³-hybridized carbons (Fsp3) is 0.0779. The number of aromatic nitrogens is 7. The van der Waals surface area contributed by atoms with E-state index in [4.69, 9.17) is 10.1 Å². The Kier molecular flexibility index (Phi) is 18.0. The van der Waals surface area contributed by atoms with Gasteiger partial charge in [0.25, 0.3) is 0 Å². The maximum absolute atomic E-state index is 10.0. The molecule has 431 valence electrons. The number of benzene rings is 9. The van der Waals surface area contributed by atoms with Crippen molar-refractivity contribution in [3.63, 3.8) is 0 Å². The van der Waals surface area contributed by atoms with Crippen LogP contribution in [0.1, 0.15) is 40.3 Å².